The molecule has 66 valence electrons. The van der Waals surface area contributed by atoms with Gasteiger partial charge in [0.25, 0.3) is 0 Å². The van der Waals surface area contributed by atoms with Crippen LogP contribution in [0.2, 0.25) is 0 Å². The zero-order valence-electron chi connectivity index (χ0n) is 7.56. The van der Waals surface area contributed by atoms with E-state index in [1.54, 1.807) is 0 Å². The van der Waals surface area contributed by atoms with E-state index in [4.69, 9.17) is 0 Å². The van der Waals surface area contributed by atoms with Crippen LogP contribution in [0.5, 0.6) is 0 Å². The van der Waals surface area contributed by atoms with Gasteiger partial charge in [0.15, 0.2) is 0 Å². The molecular formula is C8H18PbS2. The predicted molar refractivity (Wildman–Crippen MR) is 60.5 cm³/mol. The molecule has 0 fully saturated rings. The molecule has 11 heavy (non-hydrogen) atoms. The molecule has 3 heteroatoms. The van der Waals surface area contributed by atoms with Gasteiger partial charge in [-0.15, -0.1) is 0 Å². The van der Waals surface area contributed by atoms with E-state index in [1.807, 2.05) is 0 Å². The monoisotopic (exact) mass is 386 g/mol. The van der Waals surface area contributed by atoms with Crippen molar-refractivity contribution in [3.05, 3.63) is 0 Å². The van der Waals surface area contributed by atoms with Crippen molar-refractivity contribution in [1.82, 2.24) is 0 Å². The van der Waals surface area contributed by atoms with Crippen LogP contribution in [0.15, 0.2) is 0 Å². The van der Waals surface area contributed by atoms with Gasteiger partial charge < -0.3 is 0 Å². The van der Waals surface area contributed by atoms with Crippen molar-refractivity contribution in [3.63, 3.8) is 0 Å². The van der Waals surface area contributed by atoms with Gasteiger partial charge in [-0.2, -0.15) is 0 Å². The molecule has 0 saturated carbocycles. The van der Waals surface area contributed by atoms with E-state index in [0.29, 0.717) is 0 Å². The van der Waals surface area contributed by atoms with Crippen LogP contribution in [0.4, 0.5) is 0 Å². The van der Waals surface area contributed by atoms with Crippen LogP contribution in [0.3, 0.4) is 0 Å². The van der Waals surface area contributed by atoms with Crippen molar-refractivity contribution in [2.75, 3.05) is 11.5 Å². The first-order chi connectivity index (χ1) is 5.41. The van der Waals surface area contributed by atoms with Crippen LogP contribution >= 0.6 is 16.6 Å². The van der Waals surface area contributed by atoms with E-state index in [0.717, 1.165) is 0 Å². The Morgan fingerprint density at radius 3 is 1.73 bits per heavy atom. The third kappa shape index (κ3) is 11.6. The molecule has 0 aromatic rings. The van der Waals surface area contributed by atoms with Gasteiger partial charge in [-0.25, -0.2) is 0 Å². The number of hydrogen-bond acceptors (Lipinski definition) is 2. The van der Waals surface area contributed by atoms with Gasteiger partial charge >= 0.3 is 88.9 Å². The molecule has 0 aliphatic carbocycles. The summed E-state index contributed by atoms with van der Waals surface area (Å²) in [7, 11) is 4.57. The third-order valence-electron chi connectivity index (χ3n) is 1.32. The van der Waals surface area contributed by atoms with Crippen molar-refractivity contribution in [2.45, 2.75) is 39.5 Å². The van der Waals surface area contributed by atoms with Crippen LogP contribution in [-0.4, -0.2) is 32.7 Å². The van der Waals surface area contributed by atoms with Crippen LogP contribution < -0.4 is 0 Å². The van der Waals surface area contributed by atoms with E-state index in [1.165, 1.54) is 37.2 Å². The molecule has 0 amide bonds. The van der Waals surface area contributed by atoms with Crippen molar-refractivity contribution >= 4 is 37.9 Å². The van der Waals surface area contributed by atoms with Gasteiger partial charge in [-0.05, 0) is 0 Å². The quantitative estimate of drug-likeness (QED) is 0.463. The van der Waals surface area contributed by atoms with Gasteiger partial charge in [0.05, 0.1) is 0 Å². The molecule has 0 saturated heterocycles. The third-order valence-corrected chi connectivity index (χ3v) is 16.3. The number of hydrogen-bond donors (Lipinski definition) is 0. The molecule has 0 unspecified atom stereocenters. The first-order valence-electron chi connectivity index (χ1n) is 4.40. The molecule has 2 radical (unpaired) electrons. The molecule has 0 aromatic heterocycles. The fourth-order valence-electron chi connectivity index (χ4n) is 0.558. The molecule has 0 heterocycles. The number of rotatable bonds is 8. The van der Waals surface area contributed by atoms with Crippen LogP contribution in [0.25, 0.3) is 0 Å². The van der Waals surface area contributed by atoms with Crippen molar-refractivity contribution < 1.29 is 0 Å². The van der Waals surface area contributed by atoms with Gasteiger partial charge in [-0.1, -0.05) is 0 Å². The second-order valence-electron chi connectivity index (χ2n) is 2.49. The van der Waals surface area contributed by atoms with E-state index >= 15 is 0 Å². The molecule has 0 spiro atoms. The molecular weight excluding hydrogens is 367 g/mol. The molecule has 0 aliphatic rings. The van der Waals surface area contributed by atoms with E-state index in [-0.39, 0.29) is 21.2 Å². The first-order valence-corrected chi connectivity index (χ1v) is 15.9. The summed E-state index contributed by atoms with van der Waals surface area (Å²) in [5.74, 6) is 2.89. The summed E-state index contributed by atoms with van der Waals surface area (Å²) in [4.78, 5) is 0. The Labute approximate surface area is 88.2 Å². The SMILES string of the molecule is CCCC[S][Pb][S]CCCC. The van der Waals surface area contributed by atoms with Gasteiger partial charge in [0.1, 0.15) is 0 Å². The Hall–Kier alpha value is 1.62. The number of unbranched alkanes of at least 4 members (excludes halogenated alkanes) is 2. The molecule has 0 nitrogen and oxygen atoms in total. The second kappa shape index (κ2) is 11.6. The van der Waals surface area contributed by atoms with Crippen molar-refractivity contribution in [3.8, 4) is 0 Å². The van der Waals surface area contributed by atoms with E-state index in [9.17, 15) is 0 Å². The summed E-state index contributed by atoms with van der Waals surface area (Å²) < 4.78 is 0. The average molecular weight is 386 g/mol. The zero-order chi connectivity index (χ0) is 8.36. The molecule has 0 N–H and O–H groups in total. The van der Waals surface area contributed by atoms with Crippen molar-refractivity contribution in [1.29, 1.82) is 0 Å². The van der Waals surface area contributed by atoms with Gasteiger partial charge in [0, 0.05) is 0 Å². The first kappa shape index (κ1) is 12.6. The van der Waals surface area contributed by atoms with Crippen LogP contribution in [-0.2, 0) is 0 Å². The topological polar surface area (TPSA) is 0 Å². The van der Waals surface area contributed by atoms with E-state index < -0.39 is 0 Å². The Morgan fingerprint density at radius 1 is 0.909 bits per heavy atom. The summed E-state index contributed by atoms with van der Waals surface area (Å²) in [6.07, 6.45) is 5.62. The molecule has 0 aromatic carbocycles. The Kier molecular flexibility index (Phi) is 13.3. The molecule has 0 rings (SSSR count). The van der Waals surface area contributed by atoms with Crippen LogP contribution in [0.1, 0.15) is 39.5 Å². The molecule has 0 bridgehead atoms. The fourth-order valence-corrected chi connectivity index (χ4v) is 14.5. The van der Waals surface area contributed by atoms with Gasteiger partial charge in [0.2, 0.25) is 0 Å². The molecule has 0 aliphatic heterocycles. The fraction of sp³-hybridized carbons (Fsp3) is 1.00. The Balaban J connectivity index is 2.69. The minimum atomic E-state index is -0.237. The second-order valence-corrected chi connectivity index (χ2v) is 17.1. The standard InChI is InChI=1S/2C4H10S.Pb/c2*1-2-3-4-5;/h2*5H,2-4H2,1H3;/q;;+2/p-2. The summed E-state index contributed by atoms with van der Waals surface area (Å²) in [6, 6.07) is 0. The van der Waals surface area contributed by atoms with Crippen molar-refractivity contribution in [2.24, 2.45) is 0 Å². The van der Waals surface area contributed by atoms with E-state index in [2.05, 4.69) is 30.5 Å². The predicted octanol–water partition coefficient (Wildman–Crippen LogP) is 3.59. The Morgan fingerprint density at radius 2 is 1.36 bits per heavy atom. The van der Waals surface area contributed by atoms with Gasteiger partial charge in [-0.3, -0.25) is 0 Å². The summed E-state index contributed by atoms with van der Waals surface area (Å²) >= 11 is -0.237. The normalized spacial score (nSPS) is 10.4. The Bertz CT molecular complexity index is 61.1. The summed E-state index contributed by atoms with van der Waals surface area (Å²) in [5.41, 5.74) is 0. The maximum absolute atomic E-state index is 2.29. The maximum atomic E-state index is 2.29. The summed E-state index contributed by atoms with van der Waals surface area (Å²) in [5, 5.41) is 0. The minimum absolute atomic E-state index is 0.237. The molecule has 0 atom stereocenters. The zero-order valence-corrected chi connectivity index (χ0v) is 13.1. The van der Waals surface area contributed by atoms with Crippen LogP contribution in [0, 0.1) is 0 Å². The summed E-state index contributed by atoms with van der Waals surface area (Å²) in [6.45, 7) is 4.55. The average Bonchev–Trinajstić information content (AvgIpc) is 2.03.